The fourth-order valence-electron chi connectivity index (χ4n) is 6.43. The maximum Gasteiger partial charge on any atom is 0.242 e. The smallest absolute Gasteiger partial charge is 0.242 e. The van der Waals surface area contributed by atoms with Gasteiger partial charge in [-0.2, -0.15) is 0 Å². The molecule has 0 bridgehead atoms. The highest BCUT2D eigenvalue weighted by atomic mass is 16.3. The Morgan fingerprint density at radius 2 is 2.00 bits per heavy atom. The van der Waals surface area contributed by atoms with Gasteiger partial charge in [-0.3, -0.25) is 9.59 Å². The number of rotatable bonds is 3. The zero-order chi connectivity index (χ0) is 21.2. The number of fused-ring (bicyclic) bond motifs is 3. The molecule has 162 valence electrons. The summed E-state index contributed by atoms with van der Waals surface area (Å²) in [7, 11) is 0. The van der Waals surface area contributed by atoms with Crippen LogP contribution in [0.25, 0.3) is 11.3 Å². The van der Waals surface area contributed by atoms with Gasteiger partial charge in [0, 0.05) is 43.0 Å². The van der Waals surface area contributed by atoms with Crippen LogP contribution in [0.15, 0.2) is 36.8 Å². The summed E-state index contributed by atoms with van der Waals surface area (Å²) in [5.41, 5.74) is 3.53. The second-order valence-electron chi connectivity index (χ2n) is 9.69. The van der Waals surface area contributed by atoms with E-state index in [9.17, 15) is 14.7 Å². The first-order chi connectivity index (χ1) is 15.1. The minimum atomic E-state index is -0.378. The zero-order valence-corrected chi connectivity index (χ0v) is 17.6. The number of piperidine rings is 1. The number of nitrogens with zero attached hydrogens (tertiary/aromatic N) is 4. The lowest BCUT2D eigenvalue weighted by Crippen LogP contribution is -2.60. The number of amides is 2. The SMILES string of the molecule is O=C(CN1CCCC1=O)N1CCC2(CC1)C[C@@H]([C@H]1c3ccccc3-c3cncn31)[C@H]2O. The number of aromatic nitrogens is 2. The Morgan fingerprint density at radius 3 is 2.74 bits per heavy atom. The normalized spacial score (nSPS) is 28.5. The maximum atomic E-state index is 12.7. The molecule has 3 fully saturated rings. The van der Waals surface area contributed by atoms with Gasteiger partial charge in [0.05, 0.1) is 36.9 Å². The number of aliphatic hydroxyl groups is 1. The lowest BCUT2D eigenvalue weighted by atomic mass is 9.53. The molecule has 7 nitrogen and oxygen atoms in total. The molecule has 6 rings (SSSR count). The number of aliphatic hydroxyl groups excluding tert-OH is 1. The predicted octanol–water partition coefficient (Wildman–Crippen LogP) is 2.06. The van der Waals surface area contributed by atoms with Crippen LogP contribution in [0, 0.1) is 11.3 Å². The molecule has 1 aromatic carbocycles. The van der Waals surface area contributed by atoms with Crippen molar-refractivity contribution in [3.05, 3.63) is 42.4 Å². The van der Waals surface area contributed by atoms with E-state index in [1.165, 1.54) is 11.1 Å². The van der Waals surface area contributed by atoms with Gasteiger partial charge in [-0.1, -0.05) is 24.3 Å². The van der Waals surface area contributed by atoms with E-state index in [0.717, 1.165) is 31.4 Å². The molecule has 1 spiro atoms. The van der Waals surface area contributed by atoms with Crippen LogP contribution >= 0.6 is 0 Å². The number of carbonyl (C=O) groups is 2. The molecule has 31 heavy (non-hydrogen) atoms. The fourth-order valence-corrected chi connectivity index (χ4v) is 6.43. The first kappa shape index (κ1) is 19.0. The highest BCUT2D eigenvalue weighted by Gasteiger charge is 2.58. The average molecular weight is 421 g/mol. The van der Waals surface area contributed by atoms with Crippen LogP contribution in [0.4, 0.5) is 0 Å². The van der Waals surface area contributed by atoms with Gasteiger partial charge in [0.25, 0.3) is 0 Å². The summed E-state index contributed by atoms with van der Waals surface area (Å²) >= 11 is 0. The molecule has 1 aromatic heterocycles. The number of hydrogen-bond acceptors (Lipinski definition) is 4. The van der Waals surface area contributed by atoms with Crippen LogP contribution < -0.4 is 0 Å². The van der Waals surface area contributed by atoms with Crippen LogP contribution in [0.1, 0.15) is 43.7 Å². The molecular weight excluding hydrogens is 392 g/mol. The highest BCUT2D eigenvalue weighted by molar-refractivity contribution is 5.86. The summed E-state index contributed by atoms with van der Waals surface area (Å²) in [6.45, 7) is 2.24. The Balaban J connectivity index is 1.13. The van der Waals surface area contributed by atoms with Gasteiger partial charge in [0.15, 0.2) is 0 Å². The topological polar surface area (TPSA) is 78.7 Å². The number of carbonyl (C=O) groups excluding carboxylic acids is 2. The summed E-state index contributed by atoms with van der Waals surface area (Å²) in [5, 5.41) is 11.3. The first-order valence-electron chi connectivity index (χ1n) is 11.4. The highest BCUT2D eigenvalue weighted by Crippen LogP contribution is 2.59. The third-order valence-corrected chi connectivity index (χ3v) is 8.21. The van der Waals surface area contributed by atoms with Crippen molar-refractivity contribution in [2.24, 2.45) is 11.3 Å². The van der Waals surface area contributed by atoms with Crippen LogP contribution in [0.3, 0.4) is 0 Å². The summed E-state index contributed by atoms with van der Waals surface area (Å²) in [5.74, 6) is 0.305. The molecule has 0 radical (unpaired) electrons. The Labute approximate surface area is 181 Å². The molecule has 3 aliphatic heterocycles. The third-order valence-electron chi connectivity index (χ3n) is 8.21. The standard InChI is InChI=1S/C24H28N4O3/c29-20-6-3-9-27(20)14-21(30)26-10-7-24(8-11-26)12-18(23(24)31)22-17-5-2-1-4-16(17)19-13-25-15-28(19)22/h1-2,4-5,13,15,18,22-23,31H,3,6-12,14H2/t18-,22+,23+/m0/s1. The minimum absolute atomic E-state index is 0.0447. The molecule has 2 aromatic rings. The number of imidazole rings is 1. The quantitative estimate of drug-likeness (QED) is 0.825. The molecule has 4 aliphatic rings. The summed E-state index contributed by atoms with van der Waals surface area (Å²) in [4.78, 5) is 32.4. The van der Waals surface area contributed by atoms with Crippen molar-refractivity contribution in [2.75, 3.05) is 26.2 Å². The minimum Gasteiger partial charge on any atom is -0.392 e. The number of hydrogen-bond donors (Lipinski definition) is 1. The molecule has 2 amide bonds. The van der Waals surface area contributed by atoms with Gasteiger partial charge < -0.3 is 19.5 Å². The van der Waals surface area contributed by atoms with Crippen LogP contribution in [0.2, 0.25) is 0 Å². The zero-order valence-electron chi connectivity index (χ0n) is 17.6. The maximum absolute atomic E-state index is 12.7. The van der Waals surface area contributed by atoms with E-state index >= 15 is 0 Å². The van der Waals surface area contributed by atoms with E-state index < -0.39 is 0 Å². The van der Waals surface area contributed by atoms with Crippen molar-refractivity contribution in [3.8, 4) is 11.3 Å². The lowest BCUT2D eigenvalue weighted by Gasteiger charge is -2.58. The van der Waals surface area contributed by atoms with Crippen molar-refractivity contribution in [2.45, 2.75) is 44.2 Å². The van der Waals surface area contributed by atoms with Crippen molar-refractivity contribution < 1.29 is 14.7 Å². The predicted molar refractivity (Wildman–Crippen MR) is 114 cm³/mol. The molecule has 1 saturated carbocycles. The Hall–Kier alpha value is -2.67. The van der Waals surface area contributed by atoms with E-state index in [0.29, 0.717) is 26.1 Å². The Bertz CT molecular complexity index is 1040. The monoisotopic (exact) mass is 420 g/mol. The van der Waals surface area contributed by atoms with Crippen LogP contribution in [0.5, 0.6) is 0 Å². The summed E-state index contributed by atoms with van der Waals surface area (Å²) < 4.78 is 2.22. The molecule has 7 heteroatoms. The van der Waals surface area contributed by atoms with Gasteiger partial charge in [0.1, 0.15) is 0 Å². The van der Waals surface area contributed by atoms with E-state index in [4.69, 9.17) is 0 Å². The fraction of sp³-hybridized carbons (Fsp3) is 0.542. The largest absolute Gasteiger partial charge is 0.392 e. The first-order valence-corrected chi connectivity index (χ1v) is 11.4. The second-order valence-corrected chi connectivity index (χ2v) is 9.69. The summed E-state index contributed by atoms with van der Waals surface area (Å²) in [6.07, 6.45) is 7.46. The average Bonchev–Trinajstić information content (AvgIpc) is 3.49. The third kappa shape index (κ3) is 2.79. The van der Waals surface area contributed by atoms with E-state index in [-0.39, 0.29) is 41.8 Å². The van der Waals surface area contributed by atoms with Crippen molar-refractivity contribution >= 4 is 11.8 Å². The van der Waals surface area contributed by atoms with Crippen LogP contribution in [-0.4, -0.2) is 68.6 Å². The summed E-state index contributed by atoms with van der Waals surface area (Å²) in [6, 6.07) is 8.57. The molecular formula is C24H28N4O3. The van der Waals surface area contributed by atoms with Gasteiger partial charge in [-0.15, -0.1) is 0 Å². The second kappa shape index (κ2) is 6.92. The number of likely N-dealkylation sites (tertiary alicyclic amines) is 2. The van der Waals surface area contributed by atoms with E-state index in [1.807, 2.05) is 17.4 Å². The van der Waals surface area contributed by atoms with Gasteiger partial charge >= 0.3 is 0 Å². The van der Waals surface area contributed by atoms with Crippen molar-refractivity contribution in [1.82, 2.24) is 19.4 Å². The Morgan fingerprint density at radius 1 is 1.19 bits per heavy atom. The lowest BCUT2D eigenvalue weighted by molar-refractivity contribution is -0.165. The molecule has 1 N–H and O–H groups in total. The molecule has 1 aliphatic carbocycles. The van der Waals surface area contributed by atoms with E-state index in [2.05, 4.69) is 33.8 Å². The molecule has 4 heterocycles. The van der Waals surface area contributed by atoms with Crippen molar-refractivity contribution in [1.29, 1.82) is 0 Å². The van der Waals surface area contributed by atoms with Gasteiger partial charge in [-0.05, 0) is 31.2 Å². The van der Waals surface area contributed by atoms with E-state index in [1.54, 1.807) is 4.90 Å². The van der Waals surface area contributed by atoms with Gasteiger partial charge in [-0.25, -0.2) is 4.98 Å². The molecule has 0 unspecified atom stereocenters. The number of benzene rings is 1. The Kier molecular flexibility index (Phi) is 4.25. The molecule has 2 saturated heterocycles. The van der Waals surface area contributed by atoms with Crippen molar-refractivity contribution in [3.63, 3.8) is 0 Å². The van der Waals surface area contributed by atoms with Gasteiger partial charge in [0.2, 0.25) is 11.8 Å². The molecule has 3 atom stereocenters. The van der Waals surface area contributed by atoms with Crippen LogP contribution in [-0.2, 0) is 9.59 Å².